The van der Waals surface area contributed by atoms with E-state index in [9.17, 15) is 5.11 Å². The van der Waals surface area contributed by atoms with Crippen molar-refractivity contribution >= 4 is 0 Å². The number of hydrogen-bond acceptors (Lipinski definition) is 3. The third kappa shape index (κ3) is 5.33. The van der Waals surface area contributed by atoms with E-state index in [4.69, 9.17) is 4.74 Å². The molecular weight excluding hydrogens is 262 g/mol. The van der Waals surface area contributed by atoms with E-state index in [1.54, 1.807) is 7.11 Å². The fraction of sp³-hybridized carbons (Fsp3) is 0.667. The summed E-state index contributed by atoms with van der Waals surface area (Å²) in [6, 6.07) is 8.60. The van der Waals surface area contributed by atoms with Gasteiger partial charge in [-0.3, -0.25) is 0 Å². The Morgan fingerprint density at radius 1 is 1.33 bits per heavy atom. The molecule has 1 aromatic carbocycles. The monoisotopic (exact) mass is 293 g/mol. The molecule has 0 aliphatic rings. The Morgan fingerprint density at radius 2 is 2.00 bits per heavy atom. The summed E-state index contributed by atoms with van der Waals surface area (Å²) >= 11 is 0. The van der Waals surface area contributed by atoms with Crippen LogP contribution in [0.2, 0.25) is 0 Å². The summed E-state index contributed by atoms with van der Waals surface area (Å²) in [5, 5.41) is 9.67. The summed E-state index contributed by atoms with van der Waals surface area (Å²) in [4.78, 5) is 2.35. The van der Waals surface area contributed by atoms with Crippen molar-refractivity contribution in [3.05, 3.63) is 29.8 Å². The second-order valence-electron chi connectivity index (χ2n) is 6.50. The number of likely N-dealkylation sites (N-methyl/N-ethyl adjacent to an activating group) is 1. The lowest BCUT2D eigenvalue weighted by molar-refractivity contribution is 0.0760. The molecule has 0 heterocycles. The third-order valence-electron chi connectivity index (χ3n) is 4.33. The molecule has 0 aliphatic heterocycles. The topological polar surface area (TPSA) is 32.7 Å². The Kier molecular flexibility index (Phi) is 7.20. The molecule has 1 N–H and O–H groups in total. The number of benzene rings is 1. The van der Waals surface area contributed by atoms with Crippen molar-refractivity contribution in [1.29, 1.82) is 0 Å². The number of aliphatic hydroxyl groups excluding tert-OH is 1. The van der Waals surface area contributed by atoms with Crippen LogP contribution >= 0.6 is 0 Å². The SMILES string of the molecule is CCCC(C)(CO)CN(C)C(C)Cc1ccccc1OC. The molecule has 0 aliphatic carbocycles. The molecule has 0 saturated heterocycles. The maximum Gasteiger partial charge on any atom is 0.122 e. The highest BCUT2D eigenvalue weighted by molar-refractivity contribution is 5.33. The maximum atomic E-state index is 9.67. The predicted octanol–water partition coefficient (Wildman–Crippen LogP) is 3.36. The average Bonchev–Trinajstić information content (AvgIpc) is 2.47. The highest BCUT2D eigenvalue weighted by Gasteiger charge is 2.26. The van der Waals surface area contributed by atoms with E-state index in [2.05, 4.69) is 44.9 Å². The molecule has 0 saturated carbocycles. The summed E-state index contributed by atoms with van der Waals surface area (Å²) in [6.07, 6.45) is 3.11. The van der Waals surface area contributed by atoms with Crippen molar-refractivity contribution in [3.63, 3.8) is 0 Å². The van der Waals surface area contributed by atoms with Crippen molar-refractivity contribution in [2.24, 2.45) is 5.41 Å². The number of methoxy groups -OCH3 is 1. The van der Waals surface area contributed by atoms with Gasteiger partial charge in [0.15, 0.2) is 0 Å². The van der Waals surface area contributed by atoms with Crippen LogP contribution in [0.15, 0.2) is 24.3 Å². The van der Waals surface area contributed by atoms with Gasteiger partial charge in [0, 0.05) is 24.6 Å². The van der Waals surface area contributed by atoms with E-state index in [1.165, 1.54) is 5.56 Å². The van der Waals surface area contributed by atoms with E-state index in [-0.39, 0.29) is 12.0 Å². The van der Waals surface area contributed by atoms with Crippen molar-refractivity contribution in [1.82, 2.24) is 4.90 Å². The molecule has 0 spiro atoms. The van der Waals surface area contributed by atoms with Crippen molar-refractivity contribution in [2.45, 2.75) is 46.1 Å². The van der Waals surface area contributed by atoms with Gasteiger partial charge in [-0.2, -0.15) is 0 Å². The van der Waals surface area contributed by atoms with Crippen molar-refractivity contribution in [2.75, 3.05) is 27.3 Å². The molecule has 0 bridgehead atoms. The Bertz CT molecular complexity index is 421. The van der Waals surface area contributed by atoms with Crippen LogP contribution in [0.3, 0.4) is 0 Å². The number of aliphatic hydroxyl groups is 1. The largest absolute Gasteiger partial charge is 0.496 e. The third-order valence-corrected chi connectivity index (χ3v) is 4.33. The molecule has 1 rings (SSSR count). The van der Waals surface area contributed by atoms with E-state index in [0.29, 0.717) is 6.04 Å². The fourth-order valence-corrected chi connectivity index (χ4v) is 2.92. The molecule has 0 radical (unpaired) electrons. The quantitative estimate of drug-likeness (QED) is 0.758. The van der Waals surface area contributed by atoms with Gasteiger partial charge in [0.25, 0.3) is 0 Å². The van der Waals surface area contributed by atoms with Gasteiger partial charge >= 0.3 is 0 Å². The fourth-order valence-electron chi connectivity index (χ4n) is 2.92. The Labute approximate surface area is 129 Å². The van der Waals surface area contributed by atoms with Crippen LogP contribution in [-0.4, -0.2) is 43.4 Å². The highest BCUT2D eigenvalue weighted by Crippen LogP contribution is 2.26. The minimum atomic E-state index is -0.0153. The first-order valence-electron chi connectivity index (χ1n) is 7.88. The van der Waals surface area contributed by atoms with Gasteiger partial charge < -0.3 is 14.7 Å². The zero-order chi connectivity index (χ0) is 15.9. The Morgan fingerprint density at radius 3 is 2.57 bits per heavy atom. The number of hydrogen-bond donors (Lipinski definition) is 1. The minimum absolute atomic E-state index is 0.0153. The Balaban J connectivity index is 2.68. The standard InChI is InChI=1S/C18H31NO2/c1-6-11-18(3,14-20)13-19(4)15(2)12-16-9-7-8-10-17(16)21-5/h7-10,15,20H,6,11-14H2,1-5H3. The van der Waals surface area contributed by atoms with E-state index >= 15 is 0 Å². The molecule has 2 atom stereocenters. The molecule has 3 nitrogen and oxygen atoms in total. The number of para-hydroxylation sites is 1. The van der Waals surface area contributed by atoms with Crippen molar-refractivity contribution in [3.8, 4) is 5.75 Å². The van der Waals surface area contributed by atoms with Gasteiger partial charge in [-0.15, -0.1) is 0 Å². The molecule has 3 heteroatoms. The maximum absolute atomic E-state index is 9.67. The zero-order valence-electron chi connectivity index (χ0n) is 14.2. The predicted molar refractivity (Wildman–Crippen MR) is 88.9 cm³/mol. The summed E-state index contributed by atoms with van der Waals surface area (Å²) in [6.45, 7) is 7.73. The summed E-state index contributed by atoms with van der Waals surface area (Å²) in [5.74, 6) is 0.955. The van der Waals surface area contributed by atoms with Gasteiger partial charge in [-0.05, 0) is 38.4 Å². The van der Waals surface area contributed by atoms with Gasteiger partial charge in [-0.1, -0.05) is 38.5 Å². The highest BCUT2D eigenvalue weighted by atomic mass is 16.5. The average molecular weight is 293 g/mol. The zero-order valence-corrected chi connectivity index (χ0v) is 14.2. The van der Waals surface area contributed by atoms with Gasteiger partial charge in [-0.25, -0.2) is 0 Å². The second kappa shape index (κ2) is 8.40. The first-order chi connectivity index (χ1) is 9.95. The lowest BCUT2D eigenvalue weighted by Gasteiger charge is -2.35. The van der Waals surface area contributed by atoms with E-state index in [0.717, 1.165) is 31.6 Å². The molecule has 1 aromatic rings. The first-order valence-corrected chi connectivity index (χ1v) is 7.88. The van der Waals surface area contributed by atoms with Crippen molar-refractivity contribution < 1.29 is 9.84 Å². The van der Waals surface area contributed by atoms with Gasteiger partial charge in [0.1, 0.15) is 5.75 Å². The van der Waals surface area contributed by atoms with E-state index < -0.39 is 0 Å². The molecule has 2 unspecified atom stereocenters. The lowest BCUT2D eigenvalue weighted by Crippen LogP contribution is -2.41. The van der Waals surface area contributed by atoms with Crippen LogP contribution in [0.5, 0.6) is 5.75 Å². The molecule has 0 aromatic heterocycles. The summed E-state index contributed by atoms with van der Waals surface area (Å²) in [7, 11) is 3.86. The first kappa shape index (κ1) is 18.0. The minimum Gasteiger partial charge on any atom is -0.496 e. The van der Waals surface area contributed by atoms with Crippen LogP contribution in [0.25, 0.3) is 0 Å². The van der Waals surface area contributed by atoms with Crippen LogP contribution in [0, 0.1) is 5.41 Å². The van der Waals surface area contributed by atoms with Crippen LogP contribution in [0.4, 0.5) is 0 Å². The number of ether oxygens (including phenoxy) is 1. The van der Waals surface area contributed by atoms with Gasteiger partial charge in [0.05, 0.1) is 7.11 Å². The normalized spacial score (nSPS) is 15.8. The van der Waals surface area contributed by atoms with Crippen LogP contribution in [0.1, 0.15) is 39.2 Å². The molecule has 0 fully saturated rings. The molecule has 120 valence electrons. The van der Waals surface area contributed by atoms with E-state index in [1.807, 2.05) is 12.1 Å². The lowest BCUT2D eigenvalue weighted by atomic mass is 9.85. The number of nitrogens with zero attached hydrogens (tertiary/aromatic N) is 1. The summed E-state index contributed by atoms with van der Waals surface area (Å²) < 4.78 is 5.43. The molecular formula is C18H31NO2. The van der Waals surface area contributed by atoms with Crippen LogP contribution < -0.4 is 4.74 Å². The Hall–Kier alpha value is -1.06. The second-order valence-corrected chi connectivity index (χ2v) is 6.50. The van der Waals surface area contributed by atoms with Crippen LogP contribution in [-0.2, 0) is 6.42 Å². The smallest absolute Gasteiger partial charge is 0.122 e. The molecule has 0 amide bonds. The number of rotatable bonds is 9. The molecule has 21 heavy (non-hydrogen) atoms. The summed E-state index contributed by atoms with van der Waals surface area (Å²) in [5.41, 5.74) is 1.22. The van der Waals surface area contributed by atoms with Gasteiger partial charge in [0.2, 0.25) is 0 Å².